The van der Waals surface area contributed by atoms with Gasteiger partial charge in [-0.2, -0.15) is 0 Å². The van der Waals surface area contributed by atoms with Gasteiger partial charge in [-0.05, 0) is 18.3 Å². The summed E-state index contributed by atoms with van der Waals surface area (Å²) in [6.45, 7) is 0. The number of hydrogen-bond acceptors (Lipinski definition) is 3. The van der Waals surface area contributed by atoms with Crippen LogP contribution in [0.5, 0.6) is 0 Å². The average molecular weight is 261 g/mol. The summed E-state index contributed by atoms with van der Waals surface area (Å²) >= 11 is 11.5. The number of hydrogen-bond donors (Lipinski definition) is 0. The van der Waals surface area contributed by atoms with Crippen LogP contribution in [-0.4, -0.2) is 23.9 Å². The zero-order chi connectivity index (χ0) is 12.3. The Hall–Kier alpha value is -1.26. The van der Waals surface area contributed by atoms with E-state index in [1.165, 1.54) is 12.1 Å². The average Bonchev–Trinajstić information content (AvgIpc) is 2.18. The highest BCUT2D eigenvalue weighted by molar-refractivity contribution is 6.42. The summed E-state index contributed by atoms with van der Waals surface area (Å²) in [5.74, 6) is 0. The molecule has 0 unspecified atom stereocenters. The topological polar surface area (TPSA) is 46.4 Å². The quantitative estimate of drug-likeness (QED) is 0.618. The van der Waals surface area contributed by atoms with E-state index in [4.69, 9.17) is 23.2 Å². The summed E-state index contributed by atoms with van der Waals surface area (Å²) in [6, 6.07) is 2.72. The van der Waals surface area contributed by atoms with Gasteiger partial charge in [-0.3, -0.25) is 10.1 Å². The van der Waals surface area contributed by atoms with E-state index in [1.54, 1.807) is 17.2 Å². The molecule has 0 atom stereocenters. The summed E-state index contributed by atoms with van der Waals surface area (Å²) in [4.78, 5) is 12.1. The molecule has 0 aliphatic carbocycles. The SMILES string of the molecule is CN(C)/C=C/c1cc(Cl)c(Cl)cc1[N+](=O)[O-]. The number of rotatable bonds is 3. The molecule has 0 heterocycles. The minimum absolute atomic E-state index is 0.0625. The number of nitro benzene ring substituents is 1. The van der Waals surface area contributed by atoms with Gasteiger partial charge in [-0.1, -0.05) is 23.2 Å². The molecule has 1 aromatic rings. The van der Waals surface area contributed by atoms with Crippen molar-refractivity contribution in [1.29, 1.82) is 0 Å². The maximum atomic E-state index is 10.8. The number of halogens is 2. The molecule has 0 saturated heterocycles. The molecule has 0 bridgehead atoms. The Morgan fingerprint density at radius 1 is 1.31 bits per heavy atom. The molecule has 0 aliphatic heterocycles. The lowest BCUT2D eigenvalue weighted by molar-refractivity contribution is -0.385. The van der Waals surface area contributed by atoms with E-state index in [2.05, 4.69) is 0 Å². The molecule has 0 amide bonds. The maximum Gasteiger partial charge on any atom is 0.278 e. The van der Waals surface area contributed by atoms with Crippen molar-refractivity contribution in [3.63, 3.8) is 0 Å². The van der Waals surface area contributed by atoms with Crippen LogP contribution in [0.1, 0.15) is 5.56 Å². The van der Waals surface area contributed by atoms with Crippen molar-refractivity contribution in [3.05, 3.63) is 44.1 Å². The van der Waals surface area contributed by atoms with E-state index in [-0.39, 0.29) is 10.7 Å². The van der Waals surface area contributed by atoms with Gasteiger partial charge in [0.05, 0.1) is 20.5 Å². The minimum Gasteiger partial charge on any atom is -0.383 e. The van der Waals surface area contributed by atoms with Crippen LogP contribution in [0.4, 0.5) is 5.69 Å². The molecule has 6 heteroatoms. The van der Waals surface area contributed by atoms with E-state index in [0.717, 1.165) is 0 Å². The standard InChI is InChI=1S/C10H10Cl2N2O2/c1-13(2)4-3-7-5-8(11)9(12)6-10(7)14(15)16/h3-6H,1-2H3/b4-3+. The third-order valence-corrected chi connectivity index (χ3v) is 2.54. The fourth-order valence-electron chi connectivity index (χ4n) is 1.07. The Labute approximate surface area is 103 Å². The van der Waals surface area contributed by atoms with Crippen molar-refractivity contribution >= 4 is 35.0 Å². The molecular formula is C10H10Cl2N2O2. The third kappa shape index (κ3) is 3.12. The van der Waals surface area contributed by atoms with Crippen molar-refractivity contribution in [2.75, 3.05) is 14.1 Å². The van der Waals surface area contributed by atoms with E-state index in [0.29, 0.717) is 10.6 Å². The van der Waals surface area contributed by atoms with Crippen molar-refractivity contribution in [2.45, 2.75) is 0 Å². The number of nitro groups is 1. The molecule has 0 radical (unpaired) electrons. The highest BCUT2D eigenvalue weighted by Crippen LogP contribution is 2.31. The van der Waals surface area contributed by atoms with Crippen molar-refractivity contribution in [1.82, 2.24) is 4.90 Å². The molecule has 0 aromatic heterocycles. The maximum absolute atomic E-state index is 10.8. The Kier molecular flexibility index (Phi) is 4.15. The molecule has 0 saturated carbocycles. The Balaban J connectivity index is 3.25. The molecular weight excluding hydrogens is 251 g/mol. The second-order valence-corrected chi connectivity index (χ2v) is 4.18. The minimum atomic E-state index is -0.489. The first kappa shape index (κ1) is 12.8. The smallest absolute Gasteiger partial charge is 0.278 e. The molecule has 4 nitrogen and oxygen atoms in total. The monoisotopic (exact) mass is 260 g/mol. The van der Waals surface area contributed by atoms with Gasteiger partial charge in [-0.15, -0.1) is 0 Å². The van der Waals surface area contributed by atoms with Crippen LogP contribution in [0, 0.1) is 10.1 Å². The molecule has 0 N–H and O–H groups in total. The van der Waals surface area contributed by atoms with Gasteiger partial charge in [0.2, 0.25) is 0 Å². The van der Waals surface area contributed by atoms with Gasteiger partial charge in [0.1, 0.15) is 0 Å². The van der Waals surface area contributed by atoms with E-state index >= 15 is 0 Å². The fourth-order valence-corrected chi connectivity index (χ4v) is 1.40. The van der Waals surface area contributed by atoms with Gasteiger partial charge in [0.15, 0.2) is 0 Å². The normalized spacial score (nSPS) is 10.8. The van der Waals surface area contributed by atoms with Crippen molar-refractivity contribution < 1.29 is 4.92 Å². The summed E-state index contributed by atoms with van der Waals surface area (Å²) in [7, 11) is 3.64. The molecule has 16 heavy (non-hydrogen) atoms. The van der Waals surface area contributed by atoms with Crippen LogP contribution < -0.4 is 0 Å². The fraction of sp³-hybridized carbons (Fsp3) is 0.200. The van der Waals surface area contributed by atoms with Crippen LogP contribution in [0.25, 0.3) is 6.08 Å². The van der Waals surface area contributed by atoms with Gasteiger partial charge in [-0.25, -0.2) is 0 Å². The van der Waals surface area contributed by atoms with Gasteiger partial charge >= 0.3 is 0 Å². The number of nitrogens with zero attached hydrogens (tertiary/aromatic N) is 2. The highest BCUT2D eigenvalue weighted by Gasteiger charge is 2.14. The Morgan fingerprint density at radius 2 is 1.88 bits per heavy atom. The van der Waals surface area contributed by atoms with Crippen LogP contribution in [0.15, 0.2) is 18.3 Å². The first-order chi connectivity index (χ1) is 7.41. The molecule has 0 spiro atoms. The van der Waals surface area contributed by atoms with Crippen LogP contribution >= 0.6 is 23.2 Å². The molecule has 0 aliphatic rings. The molecule has 1 aromatic carbocycles. The van der Waals surface area contributed by atoms with E-state index in [1.807, 2.05) is 14.1 Å². The van der Waals surface area contributed by atoms with Crippen LogP contribution in [0.3, 0.4) is 0 Å². The molecule has 0 fully saturated rings. The Bertz CT molecular complexity index is 445. The van der Waals surface area contributed by atoms with Crippen LogP contribution in [-0.2, 0) is 0 Å². The molecule has 86 valence electrons. The third-order valence-electron chi connectivity index (χ3n) is 1.82. The lowest BCUT2D eigenvalue weighted by Crippen LogP contribution is -2.00. The lowest BCUT2D eigenvalue weighted by atomic mass is 10.2. The second kappa shape index (κ2) is 5.18. The van der Waals surface area contributed by atoms with Crippen molar-refractivity contribution in [3.8, 4) is 0 Å². The summed E-state index contributed by atoms with van der Waals surface area (Å²) in [5, 5.41) is 11.3. The van der Waals surface area contributed by atoms with Crippen molar-refractivity contribution in [2.24, 2.45) is 0 Å². The van der Waals surface area contributed by atoms with E-state index < -0.39 is 4.92 Å². The highest BCUT2D eigenvalue weighted by atomic mass is 35.5. The first-order valence-electron chi connectivity index (χ1n) is 4.40. The largest absolute Gasteiger partial charge is 0.383 e. The number of benzene rings is 1. The van der Waals surface area contributed by atoms with Gasteiger partial charge < -0.3 is 4.90 Å². The predicted molar refractivity (Wildman–Crippen MR) is 65.8 cm³/mol. The Morgan fingerprint density at radius 3 is 2.38 bits per heavy atom. The zero-order valence-corrected chi connectivity index (χ0v) is 10.3. The predicted octanol–water partition coefficient (Wildman–Crippen LogP) is 3.43. The second-order valence-electron chi connectivity index (χ2n) is 3.36. The zero-order valence-electron chi connectivity index (χ0n) is 8.78. The summed E-state index contributed by atoms with van der Waals surface area (Å²) in [6.07, 6.45) is 3.31. The first-order valence-corrected chi connectivity index (χ1v) is 5.15. The lowest BCUT2D eigenvalue weighted by Gasteiger charge is -2.04. The van der Waals surface area contributed by atoms with Crippen LogP contribution in [0.2, 0.25) is 10.0 Å². The summed E-state index contributed by atoms with van der Waals surface area (Å²) < 4.78 is 0. The van der Waals surface area contributed by atoms with Gasteiger partial charge in [0.25, 0.3) is 5.69 Å². The summed E-state index contributed by atoms with van der Waals surface area (Å²) in [5.41, 5.74) is 0.362. The molecule has 1 rings (SSSR count). The van der Waals surface area contributed by atoms with E-state index in [9.17, 15) is 10.1 Å². The van der Waals surface area contributed by atoms with Gasteiger partial charge in [0, 0.05) is 20.2 Å².